The number of nitrogens with zero attached hydrogens (tertiary/aromatic N) is 3. The van der Waals surface area contributed by atoms with Gasteiger partial charge >= 0.3 is 0 Å². The summed E-state index contributed by atoms with van der Waals surface area (Å²) in [5.74, 6) is 0. The molecule has 0 radical (unpaired) electrons. The van der Waals surface area contributed by atoms with Crippen LogP contribution < -0.4 is 10.2 Å². The third-order valence-corrected chi connectivity index (χ3v) is 2.88. The lowest BCUT2D eigenvalue weighted by Crippen LogP contribution is -2.22. The molecule has 2 heterocycles. The van der Waals surface area contributed by atoms with E-state index in [2.05, 4.69) is 33.2 Å². The Morgan fingerprint density at radius 3 is 2.61 bits per heavy atom. The molecule has 0 aliphatic carbocycles. The summed E-state index contributed by atoms with van der Waals surface area (Å²) in [6.07, 6.45) is 7.37. The van der Waals surface area contributed by atoms with Crippen molar-refractivity contribution in [3.05, 3.63) is 48.5 Å². The predicted molar refractivity (Wildman–Crippen MR) is 74.7 cm³/mol. The van der Waals surface area contributed by atoms with Crippen LogP contribution in [0.15, 0.2) is 43.0 Å². The minimum absolute atomic E-state index is 0.869. The third-order valence-electron chi connectivity index (χ3n) is 2.88. The number of pyridine rings is 2. The van der Waals surface area contributed by atoms with Crippen LogP contribution in [0.5, 0.6) is 0 Å². The van der Waals surface area contributed by atoms with Crippen molar-refractivity contribution in [2.45, 2.75) is 13.5 Å². The normalized spacial score (nSPS) is 10.1. The first kappa shape index (κ1) is 12.4. The number of aromatic nitrogens is 2. The van der Waals surface area contributed by atoms with Gasteiger partial charge in [-0.25, -0.2) is 0 Å². The fourth-order valence-corrected chi connectivity index (χ4v) is 1.83. The molecule has 0 amide bonds. The molecular weight excluding hydrogens is 224 g/mol. The van der Waals surface area contributed by atoms with Gasteiger partial charge in [0.2, 0.25) is 0 Å². The first-order valence-electron chi connectivity index (χ1n) is 6.10. The van der Waals surface area contributed by atoms with E-state index in [-0.39, 0.29) is 0 Å². The first-order valence-corrected chi connectivity index (χ1v) is 6.10. The summed E-state index contributed by atoms with van der Waals surface area (Å²) in [5, 5.41) is 3.11. The number of rotatable bonds is 5. The highest BCUT2D eigenvalue weighted by Crippen LogP contribution is 2.19. The maximum Gasteiger partial charge on any atom is 0.0576 e. The molecule has 0 aliphatic rings. The van der Waals surface area contributed by atoms with Crippen LogP contribution in [-0.2, 0) is 6.54 Å². The number of anilines is 2. The van der Waals surface area contributed by atoms with Crippen LogP contribution in [0.4, 0.5) is 11.4 Å². The van der Waals surface area contributed by atoms with E-state index >= 15 is 0 Å². The van der Waals surface area contributed by atoms with Gasteiger partial charge in [0, 0.05) is 32.5 Å². The SMILES string of the molecule is CCN(Cc1ccncc1)c1cncc(NC)c1. The van der Waals surface area contributed by atoms with E-state index in [9.17, 15) is 0 Å². The van der Waals surface area contributed by atoms with Crippen LogP contribution in [0.1, 0.15) is 12.5 Å². The van der Waals surface area contributed by atoms with Gasteiger partial charge in [-0.05, 0) is 30.7 Å². The van der Waals surface area contributed by atoms with Gasteiger partial charge in [0.15, 0.2) is 0 Å². The number of hydrogen-bond acceptors (Lipinski definition) is 4. The van der Waals surface area contributed by atoms with E-state index in [1.807, 2.05) is 44.0 Å². The second-order valence-corrected chi connectivity index (χ2v) is 4.05. The maximum absolute atomic E-state index is 4.25. The first-order chi connectivity index (χ1) is 8.83. The molecular formula is C14H18N4. The van der Waals surface area contributed by atoms with Gasteiger partial charge in [0.05, 0.1) is 23.8 Å². The van der Waals surface area contributed by atoms with E-state index in [4.69, 9.17) is 0 Å². The van der Waals surface area contributed by atoms with Crippen LogP contribution in [0, 0.1) is 0 Å². The molecule has 0 saturated heterocycles. The highest BCUT2D eigenvalue weighted by molar-refractivity contribution is 5.55. The van der Waals surface area contributed by atoms with Crippen molar-refractivity contribution >= 4 is 11.4 Å². The number of nitrogens with one attached hydrogen (secondary N) is 1. The molecule has 0 aliphatic heterocycles. The molecule has 0 unspecified atom stereocenters. The van der Waals surface area contributed by atoms with Gasteiger partial charge in [-0.2, -0.15) is 0 Å². The zero-order valence-electron chi connectivity index (χ0n) is 10.8. The summed E-state index contributed by atoms with van der Waals surface area (Å²) in [4.78, 5) is 10.6. The van der Waals surface area contributed by atoms with E-state index in [0.29, 0.717) is 0 Å². The Morgan fingerprint density at radius 1 is 1.17 bits per heavy atom. The largest absolute Gasteiger partial charge is 0.387 e. The van der Waals surface area contributed by atoms with Crippen molar-refractivity contribution in [3.8, 4) is 0 Å². The monoisotopic (exact) mass is 242 g/mol. The molecule has 0 aromatic carbocycles. The van der Waals surface area contributed by atoms with Crippen LogP contribution in [0.25, 0.3) is 0 Å². The van der Waals surface area contributed by atoms with E-state index < -0.39 is 0 Å². The zero-order valence-corrected chi connectivity index (χ0v) is 10.8. The second kappa shape index (κ2) is 6.00. The van der Waals surface area contributed by atoms with Crippen molar-refractivity contribution in [1.29, 1.82) is 0 Å². The standard InChI is InChI=1S/C14H18N4/c1-3-18(11-12-4-6-16-7-5-12)14-8-13(15-2)9-17-10-14/h4-10,15H,3,11H2,1-2H3. The van der Waals surface area contributed by atoms with E-state index in [1.165, 1.54) is 5.56 Å². The van der Waals surface area contributed by atoms with Crippen LogP contribution in [-0.4, -0.2) is 23.6 Å². The van der Waals surface area contributed by atoms with Crippen LogP contribution >= 0.6 is 0 Å². The van der Waals surface area contributed by atoms with Gasteiger partial charge < -0.3 is 10.2 Å². The molecule has 4 nitrogen and oxygen atoms in total. The molecule has 2 rings (SSSR count). The van der Waals surface area contributed by atoms with Crippen molar-refractivity contribution in [1.82, 2.24) is 9.97 Å². The average Bonchev–Trinajstić information content (AvgIpc) is 2.46. The quantitative estimate of drug-likeness (QED) is 0.874. The average molecular weight is 242 g/mol. The highest BCUT2D eigenvalue weighted by Gasteiger charge is 2.06. The van der Waals surface area contributed by atoms with Gasteiger partial charge in [0.1, 0.15) is 0 Å². The fourth-order valence-electron chi connectivity index (χ4n) is 1.83. The third kappa shape index (κ3) is 2.97. The minimum atomic E-state index is 0.869. The molecule has 94 valence electrons. The van der Waals surface area contributed by atoms with Gasteiger partial charge in [-0.15, -0.1) is 0 Å². The topological polar surface area (TPSA) is 41.1 Å². The molecule has 0 atom stereocenters. The Hall–Kier alpha value is -2.10. The van der Waals surface area contributed by atoms with Gasteiger partial charge in [-0.3, -0.25) is 9.97 Å². The summed E-state index contributed by atoms with van der Waals surface area (Å²) in [6.45, 7) is 3.96. The Kier molecular flexibility index (Phi) is 4.12. The van der Waals surface area contributed by atoms with Gasteiger partial charge in [0.25, 0.3) is 0 Å². The lowest BCUT2D eigenvalue weighted by molar-refractivity contribution is 0.827. The Balaban J connectivity index is 2.17. The molecule has 1 N–H and O–H groups in total. The van der Waals surface area contributed by atoms with Crippen molar-refractivity contribution in [3.63, 3.8) is 0 Å². The zero-order chi connectivity index (χ0) is 12.8. The summed E-state index contributed by atoms with van der Waals surface area (Å²) in [6, 6.07) is 6.19. The maximum atomic E-state index is 4.25. The predicted octanol–water partition coefficient (Wildman–Crippen LogP) is 2.54. The van der Waals surface area contributed by atoms with Crippen molar-refractivity contribution in [2.75, 3.05) is 23.8 Å². The smallest absolute Gasteiger partial charge is 0.0576 e. The summed E-state index contributed by atoms with van der Waals surface area (Å²) < 4.78 is 0. The molecule has 18 heavy (non-hydrogen) atoms. The Labute approximate surface area is 108 Å². The Morgan fingerprint density at radius 2 is 1.94 bits per heavy atom. The molecule has 2 aromatic heterocycles. The summed E-state index contributed by atoms with van der Waals surface area (Å²) >= 11 is 0. The van der Waals surface area contributed by atoms with Crippen molar-refractivity contribution in [2.24, 2.45) is 0 Å². The Bertz CT molecular complexity index is 484. The summed E-state index contributed by atoms with van der Waals surface area (Å²) in [7, 11) is 1.90. The number of hydrogen-bond donors (Lipinski definition) is 1. The van der Waals surface area contributed by atoms with Gasteiger partial charge in [-0.1, -0.05) is 0 Å². The molecule has 0 fully saturated rings. The van der Waals surface area contributed by atoms with Crippen LogP contribution in [0.2, 0.25) is 0 Å². The highest BCUT2D eigenvalue weighted by atomic mass is 15.1. The van der Waals surface area contributed by atoms with E-state index in [1.54, 1.807) is 0 Å². The molecule has 0 saturated carbocycles. The van der Waals surface area contributed by atoms with Crippen molar-refractivity contribution < 1.29 is 0 Å². The summed E-state index contributed by atoms with van der Waals surface area (Å²) in [5.41, 5.74) is 3.41. The molecule has 0 spiro atoms. The van der Waals surface area contributed by atoms with Crippen LogP contribution in [0.3, 0.4) is 0 Å². The lowest BCUT2D eigenvalue weighted by atomic mass is 10.2. The fraction of sp³-hybridized carbons (Fsp3) is 0.286. The molecule has 2 aromatic rings. The van der Waals surface area contributed by atoms with E-state index in [0.717, 1.165) is 24.5 Å². The molecule has 4 heteroatoms. The second-order valence-electron chi connectivity index (χ2n) is 4.05. The lowest BCUT2D eigenvalue weighted by Gasteiger charge is -2.23. The minimum Gasteiger partial charge on any atom is -0.387 e. The molecule has 0 bridgehead atoms.